The second-order valence-electron chi connectivity index (χ2n) is 6.36. The maximum atomic E-state index is 8.49. The van der Waals surface area contributed by atoms with E-state index in [9.17, 15) is 0 Å². The molecule has 1 heterocycles. The highest BCUT2D eigenvalue weighted by Gasteiger charge is 2.10. The summed E-state index contributed by atoms with van der Waals surface area (Å²) in [5, 5.41) is 2.07. The number of halogens is 1. The van der Waals surface area contributed by atoms with E-state index >= 15 is 0 Å². The molecule has 3 rings (SSSR count). The van der Waals surface area contributed by atoms with Gasteiger partial charge in [-0.2, -0.15) is 0 Å². The van der Waals surface area contributed by atoms with Crippen molar-refractivity contribution in [1.29, 1.82) is 0 Å². The quantitative estimate of drug-likeness (QED) is 0.460. The molecule has 0 radical (unpaired) electrons. The van der Waals surface area contributed by atoms with Crippen molar-refractivity contribution in [2.24, 2.45) is 0 Å². The van der Waals surface area contributed by atoms with Gasteiger partial charge in [-0.1, -0.05) is 30.3 Å². The molecule has 0 amide bonds. The maximum Gasteiger partial charge on any atom is 0.213 e. The zero-order chi connectivity index (χ0) is 21.4. The van der Waals surface area contributed by atoms with Gasteiger partial charge in [0.25, 0.3) is 0 Å². The van der Waals surface area contributed by atoms with E-state index in [1.54, 1.807) is 7.11 Å². The third-order valence-corrected chi connectivity index (χ3v) is 3.91. The number of hydrogen-bond acceptors (Lipinski definition) is 7. The summed E-state index contributed by atoms with van der Waals surface area (Å²) in [6.07, 6.45) is 0. The summed E-state index contributed by atoms with van der Waals surface area (Å²) in [6, 6.07) is 18.1. The Balaban J connectivity index is 0.000000537. The maximum absolute atomic E-state index is 8.49. The molecule has 29 heavy (non-hydrogen) atoms. The number of methoxy groups -OCH3 is 1. The fourth-order valence-corrected chi connectivity index (χ4v) is 2.60. The molecule has 1 N–H and O–H groups in total. The van der Waals surface area contributed by atoms with E-state index < -0.39 is 10.2 Å². The van der Waals surface area contributed by atoms with Gasteiger partial charge in [0.05, 0.1) is 25.1 Å². The van der Waals surface area contributed by atoms with Gasteiger partial charge in [0.2, 0.25) is 5.36 Å². The lowest BCUT2D eigenvalue weighted by Crippen LogP contribution is -2.78. The van der Waals surface area contributed by atoms with Crippen LogP contribution in [0.4, 0.5) is 0 Å². The van der Waals surface area contributed by atoms with Gasteiger partial charge in [0, 0.05) is 5.56 Å². The van der Waals surface area contributed by atoms with E-state index in [1.807, 2.05) is 36.4 Å². The topological polar surface area (TPSA) is 132 Å². The first-order valence-electron chi connectivity index (χ1n) is 8.68. The molecule has 0 saturated heterocycles. The van der Waals surface area contributed by atoms with E-state index in [4.69, 9.17) is 27.8 Å². The Bertz CT molecular complexity index is 978. The molecule has 1 aromatic heterocycles. The summed E-state index contributed by atoms with van der Waals surface area (Å²) in [6.45, 7) is 1.82. The fourth-order valence-electron chi connectivity index (χ4n) is 2.60. The molecule has 0 atom stereocenters. The number of nitrogens with zero attached hydrogens (tertiary/aromatic N) is 1. The smallest absolute Gasteiger partial charge is 0.213 e. The second-order valence-corrected chi connectivity index (χ2v) is 7.12. The van der Waals surface area contributed by atoms with E-state index in [0.717, 1.165) is 46.5 Å². The van der Waals surface area contributed by atoms with Crippen molar-refractivity contribution in [3.05, 3.63) is 60.0 Å². The minimum Gasteiger partial charge on any atom is -0.497 e. The standard InChI is InChI=1S/C20H22N2O2.ClHO4/c1-22(2)12-11-21-18-14-20(15-7-5-4-6-8-15)24-19-10-9-16(23-3)13-17(18)19;2-1(3,4)5/h4-10,13-14H,11-12H2,1-3H3;(H,2,3,4,5). The van der Waals surface area contributed by atoms with Crippen molar-refractivity contribution in [3.63, 3.8) is 0 Å². The molecule has 156 valence electrons. The van der Waals surface area contributed by atoms with Crippen LogP contribution in [0, 0.1) is 10.2 Å². The molecule has 2 aromatic carbocycles. The summed E-state index contributed by atoms with van der Waals surface area (Å²) >= 11 is 0. The van der Waals surface area contributed by atoms with Gasteiger partial charge in [0.15, 0.2) is 6.54 Å². The molecule has 0 unspecified atom stereocenters. The Hall–Kier alpha value is -2.46. The van der Waals surface area contributed by atoms with Gasteiger partial charge in [0.1, 0.15) is 17.1 Å². The third-order valence-electron chi connectivity index (χ3n) is 3.91. The number of rotatable bonds is 5. The summed E-state index contributed by atoms with van der Waals surface area (Å²) in [5.41, 5.74) is 1.90. The number of likely N-dealkylation sites (N-methyl/N-ethyl adjacent to an activating group) is 1. The molecular formula is C20H23ClN2O6. The Morgan fingerprint density at radius 3 is 2.24 bits per heavy atom. The van der Waals surface area contributed by atoms with Crippen molar-refractivity contribution in [1.82, 2.24) is 4.90 Å². The Morgan fingerprint density at radius 2 is 1.66 bits per heavy atom. The van der Waals surface area contributed by atoms with E-state index in [-0.39, 0.29) is 0 Å². The number of ether oxygens (including phenoxy) is 1. The molecule has 0 aliphatic heterocycles. The molecule has 0 fully saturated rings. The SMILES string of the molecule is COc1ccc2oc(-c3ccccc3)cc(=[NH+]CCN(C)C)c2c1.[O-][Cl+3]([O-])([O-])[O-]. The molecule has 0 aliphatic rings. The molecular weight excluding hydrogens is 400 g/mol. The van der Waals surface area contributed by atoms with E-state index in [1.165, 1.54) is 0 Å². The average Bonchev–Trinajstić information content (AvgIpc) is 2.66. The van der Waals surface area contributed by atoms with Crippen molar-refractivity contribution < 1.29 is 43.0 Å². The largest absolute Gasteiger partial charge is 0.497 e. The van der Waals surface area contributed by atoms with Crippen LogP contribution >= 0.6 is 0 Å². The van der Waals surface area contributed by atoms with Crippen LogP contribution in [0.2, 0.25) is 0 Å². The van der Waals surface area contributed by atoms with Crippen LogP contribution in [-0.4, -0.2) is 39.2 Å². The summed E-state index contributed by atoms with van der Waals surface area (Å²) < 4.78 is 45.4. The monoisotopic (exact) mass is 422 g/mol. The molecule has 9 heteroatoms. The zero-order valence-corrected chi connectivity index (χ0v) is 17.1. The summed E-state index contributed by atoms with van der Waals surface area (Å²) in [7, 11) is 0.868. The van der Waals surface area contributed by atoms with Crippen LogP contribution in [-0.2, 0) is 0 Å². The molecule has 8 nitrogen and oxygen atoms in total. The first kappa shape index (κ1) is 22.8. The van der Waals surface area contributed by atoms with E-state index in [0.29, 0.717) is 0 Å². The second kappa shape index (κ2) is 10.4. The van der Waals surface area contributed by atoms with Crippen molar-refractivity contribution in [2.75, 3.05) is 34.3 Å². The predicted molar refractivity (Wildman–Crippen MR) is 95.7 cm³/mol. The third kappa shape index (κ3) is 7.82. The normalized spacial score (nSPS) is 12.1. The lowest BCUT2D eigenvalue weighted by Gasteiger charge is -2.17. The van der Waals surface area contributed by atoms with Gasteiger partial charge in [-0.25, -0.2) is 23.6 Å². The predicted octanol–water partition coefficient (Wildman–Crippen LogP) is -3.10. The summed E-state index contributed by atoms with van der Waals surface area (Å²) in [4.78, 5) is 5.68. The van der Waals surface area contributed by atoms with Crippen molar-refractivity contribution in [2.45, 2.75) is 0 Å². The zero-order valence-electron chi connectivity index (χ0n) is 16.4. The van der Waals surface area contributed by atoms with Gasteiger partial charge in [-0.15, -0.1) is 10.2 Å². The minimum atomic E-state index is -4.94. The van der Waals surface area contributed by atoms with Gasteiger partial charge in [-0.05, 0) is 32.3 Å². The first-order chi connectivity index (χ1) is 13.7. The number of hydrogen-bond donors (Lipinski definition) is 1. The molecule has 0 saturated carbocycles. The highest BCUT2D eigenvalue weighted by Crippen LogP contribution is 2.23. The van der Waals surface area contributed by atoms with Crippen LogP contribution in [0.5, 0.6) is 5.75 Å². The average molecular weight is 423 g/mol. The van der Waals surface area contributed by atoms with Crippen LogP contribution < -0.4 is 33.7 Å². The van der Waals surface area contributed by atoms with Crippen LogP contribution in [0.1, 0.15) is 0 Å². The lowest BCUT2D eigenvalue weighted by atomic mass is 10.1. The van der Waals surface area contributed by atoms with Gasteiger partial charge in [-0.3, -0.25) is 0 Å². The number of fused-ring (bicyclic) bond motifs is 1. The Labute approximate surface area is 170 Å². The molecule has 0 spiro atoms. The van der Waals surface area contributed by atoms with E-state index in [2.05, 4.69) is 42.2 Å². The molecule has 0 bridgehead atoms. The molecule has 0 aliphatic carbocycles. The fraction of sp³-hybridized carbons (Fsp3) is 0.250. The number of benzene rings is 2. The van der Waals surface area contributed by atoms with Gasteiger partial charge >= 0.3 is 0 Å². The van der Waals surface area contributed by atoms with Crippen molar-refractivity contribution in [3.8, 4) is 17.1 Å². The van der Waals surface area contributed by atoms with Crippen LogP contribution in [0.3, 0.4) is 0 Å². The Morgan fingerprint density at radius 1 is 1.00 bits per heavy atom. The number of nitrogens with one attached hydrogen (secondary N) is 1. The summed E-state index contributed by atoms with van der Waals surface area (Å²) in [5.74, 6) is 1.67. The molecule has 3 aromatic rings. The van der Waals surface area contributed by atoms with Crippen molar-refractivity contribution >= 4 is 11.0 Å². The highest BCUT2D eigenvalue weighted by atomic mass is 35.7. The highest BCUT2D eigenvalue weighted by molar-refractivity contribution is 5.79. The van der Waals surface area contributed by atoms with Crippen LogP contribution in [0.25, 0.3) is 22.3 Å². The van der Waals surface area contributed by atoms with Crippen LogP contribution in [0.15, 0.2) is 59.0 Å². The minimum absolute atomic E-state index is 0.820. The van der Waals surface area contributed by atoms with Gasteiger partial charge < -0.3 is 14.1 Å². The first-order valence-corrected chi connectivity index (χ1v) is 9.91. The lowest BCUT2D eigenvalue weighted by molar-refractivity contribution is -2.00. The Kier molecular flexibility index (Phi) is 8.15.